The van der Waals surface area contributed by atoms with Crippen LogP contribution in [0.1, 0.15) is 51.5 Å². The highest BCUT2D eigenvalue weighted by Crippen LogP contribution is 2.25. The Morgan fingerprint density at radius 1 is 1.31 bits per heavy atom. The zero-order valence-electron chi connectivity index (χ0n) is 11.0. The molecule has 1 aromatic heterocycles. The summed E-state index contributed by atoms with van der Waals surface area (Å²) >= 11 is 1.86. The topological polar surface area (TPSA) is 12.0 Å². The van der Waals surface area contributed by atoms with Crippen LogP contribution in [-0.4, -0.2) is 6.54 Å². The van der Waals surface area contributed by atoms with Crippen LogP contribution in [0.5, 0.6) is 0 Å². The fourth-order valence-corrected chi connectivity index (χ4v) is 3.03. The van der Waals surface area contributed by atoms with Crippen LogP contribution < -0.4 is 5.32 Å². The average Bonchev–Trinajstić information content (AvgIpc) is 2.71. The lowest BCUT2D eigenvalue weighted by molar-refractivity contribution is 0.373. The zero-order chi connectivity index (χ0) is 12.0. The van der Waals surface area contributed by atoms with Gasteiger partial charge in [-0.05, 0) is 36.2 Å². The van der Waals surface area contributed by atoms with E-state index in [9.17, 15) is 0 Å². The molecule has 2 atom stereocenters. The van der Waals surface area contributed by atoms with Gasteiger partial charge >= 0.3 is 0 Å². The Morgan fingerprint density at radius 2 is 2.06 bits per heavy atom. The van der Waals surface area contributed by atoms with Gasteiger partial charge < -0.3 is 5.32 Å². The van der Waals surface area contributed by atoms with Gasteiger partial charge in [0.05, 0.1) is 0 Å². The third kappa shape index (κ3) is 4.26. The first-order valence-electron chi connectivity index (χ1n) is 6.42. The molecule has 0 bridgehead atoms. The molecule has 0 spiro atoms. The predicted octanol–water partition coefficient (Wildman–Crippen LogP) is 4.47. The van der Waals surface area contributed by atoms with Crippen LogP contribution in [0, 0.1) is 11.8 Å². The van der Waals surface area contributed by atoms with Crippen LogP contribution in [0.15, 0.2) is 17.5 Å². The SMILES string of the molecule is CCCC(C)CNC(c1cccs1)C(C)C. The van der Waals surface area contributed by atoms with Gasteiger partial charge in [0, 0.05) is 10.9 Å². The van der Waals surface area contributed by atoms with Crippen molar-refractivity contribution in [3.8, 4) is 0 Å². The highest BCUT2D eigenvalue weighted by Gasteiger charge is 2.16. The number of rotatable bonds is 7. The first kappa shape index (κ1) is 13.7. The molecule has 0 amide bonds. The molecule has 0 aliphatic carbocycles. The minimum atomic E-state index is 0.527. The normalized spacial score (nSPS) is 15.3. The number of hydrogen-bond acceptors (Lipinski definition) is 2. The maximum absolute atomic E-state index is 3.72. The van der Waals surface area contributed by atoms with Gasteiger partial charge in [0.2, 0.25) is 0 Å². The van der Waals surface area contributed by atoms with E-state index >= 15 is 0 Å². The van der Waals surface area contributed by atoms with E-state index in [0.717, 1.165) is 12.5 Å². The largest absolute Gasteiger partial charge is 0.309 e. The van der Waals surface area contributed by atoms with E-state index in [2.05, 4.69) is 50.5 Å². The molecular weight excluding hydrogens is 214 g/mol. The second-order valence-electron chi connectivity index (χ2n) is 5.04. The molecule has 0 saturated heterocycles. The van der Waals surface area contributed by atoms with Crippen LogP contribution in [0.4, 0.5) is 0 Å². The fourth-order valence-electron chi connectivity index (χ4n) is 2.06. The van der Waals surface area contributed by atoms with Crippen molar-refractivity contribution in [1.82, 2.24) is 5.32 Å². The Bertz CT molecular complexity index is 266. The molecule has 16 heavy (non-hydrogen) atoms. The summed E-state index contributed by atoms with van der Waals surface area (Å²) in [5, 5.41) is 5.89. The van der Waals surface area contributed by atoms with E-state index in [1.54, 1.807) is 0 Å². The second kappa shape index (κ2) is 7.08. The van der Waals surface area contributed by atoms with Crippen LogP contribution in [-0.2, 0) is 0 Å². The molecule has 0 aromatic carbocycles. The predicted molar refractivity (Wildman–Crippen MR) is 74.0 cm³/mol. The lowest BCUT2D eigenvalue weighted by Crippen LogP contribution is -2.29. The Labute approximate surface area is 104 Å². The molecule has 2 unspecified atom stereocenters. The summed E-state index contributed by atoms with van der Waals surface area (Å²) in [5.74, 6) is 1.44. The van der Waals surface area contributed by atoms with Crippen molar-refractivity contribution in [2.75, 3.05) is 6.54 Å². The minimum absolute atomic E-state index is 0.527. The first-order chi connectivity index (χ1) is 7.65. The molecular formula is C14H25NS. The van der Waals surface area contributed by atoms with Gasteiger partial charge in [0.25, 0.3) is 0 Å². The van der Waals surface area contributed by atoms with Gasteiger partial charge in [0.15, 0.2) is 0 Å². The molecule has 1 nitrogen and oxygen atoms in total. The lowest BCUT2D eigenvalue weighted by Gasteiger charge is -2.23. The molecule has 1 N–H and O–H groups in total. The summed E-state index contributed by atoms with van der Waals surface area (Å²) in [6, 6.07) is 4.92. The monoisotopic (exact) mass is 239 g/mol. The summed E-state index contributed by atoms with van der Waals surface area (Å²) in [5.41, 5.74) is 0. The highest BCUT2D eigenvalue weighted by atomic mass is 32.1. The third-order valence-electron chi connectivity index (χ3n) is 2.98. The smallest absolute Gasteiger partial charge is 0.0438 e. The summed E-state index contributed by atoms with van der Waals surface area (Å²) in [4.78, 5) is 1.47. The summed E-state index contributed by atoms with van der Waals surface area (Å²) in [6.45, 7) is 10.3. The summed E-state index contributed by atoms with van der Waals surface area (Å²) in [6.07, 6.45) is 2.61. The van der Waals surface area contributed by atoms with Gasteiger partial charge in [-0.2, -0.15) is 0 Å². The molecule has 0 saturated carbocycles. The van der Waals surface area contributed by atoms with Crippen LogP contribution >= 0.6 is 11.3 Å². The van der Waals surface area contributed by atoms with E-state index in [1.807, 2.05) is 11.3 Å². The van der Waals surface area contributed by atoms with E-state index in [0.29, 0.717) is 12.0 Å². The van der Waals surface area contributed by atoms with E-state index in [1.165, 1.54) is 17.7 Å². The standard InChI is InChI=1S/C14H25NS/c1-5-7-12(4)10-15-14(11(2)3)13-8-6-9-16-13/h6,8-9,11-12,14-15H,5,7,10H2,1-4H3. The summed E-state index contributed by atoms with van der Waals surface area (Å²) in [7, 11) is 0. The van der Waals surface area contributed by atoms with E-state index < -0.39 is 0 Å². The average molecular weight is 239 g/mol. The first-order valence-corrected chi connectivity index (χ1v) is 7.29. The minimum Gasteiger partial charge on any atom is -0.309 e. The van der Waals surface area contributed by atoms with Gasteiger partial charge in [-0.15, -0.1) is 11.3 Å². The van der Waals surface area contributed by atoms with Gasteiger partial charge in [0.1, 0.15) is 0 Å². The van der Waals surface area contributed by atoms with E-state index in [-0.39, 0.29) is 0 Å². The van der Waals surface area contributed by atoms with Crippen molar-refractivity contribution >= 4 is 11.3 Å². The van der Waals surface area contributed by atoms with Crippen molar-refractivity contribution in [2.45, 2.75) is 46.6 Å². The van der Waals surface area contributed by atoms with Gasteiger partial charge in [-0.3, -0.25) is 0 Å². The van der Waals surface area contributed by atoms with Crippen molar-refractivity contribution in [1.29, 1.82) is 0 Å². The van der Waals surface area contributed by atoms with Crippen molar-refractivity contribution in [3.63, 3.8) is 0 Å². The Balaban J connectivity index is 2.47. The number of hydrogen-bond donors (Lipinski definition) is 1. The van der Waals surface area contributed by atoms with Crippen molar-refractivity contribution in [2.24, 2.45) is 11.8 Å². The van der Waals surface area contributed by atoms with E-state index in [4.69, 9.17) is 0 Å². The fraction of sp³-hybridized carbons (Fsp3) is 0.714. The van der Waals surface area contributed by atoms with Gasteiger partial charge in [-0.1, -0.05) is 40.2 Å². The third-order valence-corrected chi connectivity index (χ3v) is 3.94. The quantitative estimate of drug-likeness (QED) is 0.740. The van der Waals surface area contributed by atoms with Crippen LogP contribution in [0.3, 0.4) is 0 Å². The lowest BCUT2D eigenvalue weighted by atomic mass is 10.0. The maximum Gasteiger partial charge on any atom is 0.0438 e. The molecule has 0 radical (unpaired) electrons. The molecule has 0 aliphatic heterocycles. The zero-order valence-corrected chi connectivity index (χ0v) is 11.8. The molecule has 0 fully saturated rings. The Kier molecular flexibility index (Phi) is 6.07. The molecule has 1 rings (SSSR count). The highest BCUT2D eigenvalue weighted by molar-refractivity contribution is 7.10. The van der Waals surface area contributed by atoms with Crippen molar-refractivity contribution in [3.05, 3.63) is 22.4 Å². The van der Waals surface area contributed by atoms with Crippen LogP contribution in [0.25, 0.3) is 0 Å². The molecule has 2 heteroatoms. The molecule has 0 aliphatic rings. The van der Waals surface area contributed by atoms with Gasteiger partial charge in [-0.25, -0.2) is 0 Å². The molecule has 92 valence electrons. The second-order valence-corrected chi connectivity index (χ2v) is 6.02. The van der Waals surface area contributed by atoms with Crippen molar-refractivity contribution < 1.29 is 0 Å². The Hall–Kier alpha value is -0.340. The Morgan fingerprint density at radius 3 is 2.56 bits per heavy atom. The summed E-state index contributed by atoms with van der Waals surface area (Å²) < 4.78 is 0. The van der Waals surface area contributed by atoms with Crippen LogP contribution in [0.2, 0.25) is 0 Å². The number of nitrogens with one attached hydrogen (secondary N) is 1. The molecule has 1 aromatic rings. The number of thiophene rings is 1. The molecule has 1 heterocycles. The maximum atomic E-state index is 3.72.